The summed E-state index contributed by atoms with van der Waals surface area (Å²) in [5.74, 6) is -0.840. The van der Waals surface area contributed by atoms with E-state index in [1.54, 1.807) is 17.0 Å². The van der Waals surface area contributed by atoms with Gasteiger partial charge in [0, 0.05) is 6.54 Å². The Morgan fingerprint density at radius 1 is 1.35 bits per heavy atom. The zero-order valence-corrected chi connectivity index (χ0v) is 13.2. The number of rotatable bonds is 4. The van der Waals surface area contributed by atoms with E-state index < -0.39 is 5.91 Å². The molecule has 2 N–H and O–H groups in total. The van der Waals surface area contributed by atoms with Crippen LogP contribution in [0.1, 0.15) is 39.1 Å². The summed E-state index contributed by atoms with van der Waals surface area (Å²) in [7, 11) is 0. The van der Waals surface area contributed by atoms with Gasteiger partial charge in [0.15, 0.2) is 0 Å². The Labute approximate surface area is 136 Å². The highest BCUT2D eigenvalue weighted by atomic mass is 32.1. The molecule has 3 rings (SSSR count). The molecular formula is C16H16FN3O2S. The minimum atomic E-state index is -0.504. The molecule has 23 heavy (non-hydrogen) atoms. The summed E-state index contributed by atoms with van der Waals surface area (Å²) < 4.78 is 12.9. The van der Waals surface area contributed by atoms with Crippen LogP contribution < -0.4 is 5.73 Å². The van der Waals surface area contributed by atoms with Crippen LogP contribution >= 0.6 is 11.3 Å². The maximum atomic E-state index is 12.9. The molecule has 0 spiro atoms. The summed E-state index contributed by atoms with van der Waals surface area (Å²) in [5, 5.41) is 0.740. The van der Waals surface area contributed by atoms with Crippen molar-refractivity contribution in [1.29, 1.82) is 0 Å². The van der Waals surface area contributed by atoms with Gasteiger partial charge in [0.2, 0.25) is 5.91 Å². The molecule has 2 amide bonds. The number of carbonyl (C=O) groups excluding carboxylic acids is 2. The Morgan fingerprint density at radius 3 is 2.74 bits per heavy atom. The van der Waals surface area contributed by atoms with Crippen LogP contribution in [0.15, 0.2) is 30.5 Å². The van der Waals surface area contributed by atoms with Gasteiger partial charge in [-0.05, 0) is 30.5 Å². The Morgan fingerprint density at radius 2 is 2.09 bits per heavy atom. The van der Waals surface area contributed by atoms with Crippen LogP contribution in [0.5, 0.6) is 0 Å². The molecule has 1 saturated heterocycles. The normalized spacial score (nSPS) is 17.4. The molecule has 5 nitrogen and oxygen atoms in total. The summed E-state index contributed by atoms with van der Waals surface area (Å²) in [6, 6.07) is 5.83. The quantitative estimate of drug-likeness (QED) is 0.932. The molecule has 2 aromatic rings. The zero-order chi connectivity index (χ0) is 16.4. The van der Waals surface area contributed by atoms with E-state index in [-0.39, 0.29) is 24.2 Å². The second-order valence-electron chi connectivity index (χ2n) is 5.48. The van der Waals surface area contributed by atoms with Gasteiger partial charge < -0.3 is 10.6 Å². The fraction of sp³-hybridized carbons (Fsp3) is 0.312. The number of nitrogens with zero attached hydrogens (tertiary/aromatic N) is 2. The fourth-order valence-corrected chi connectivity index (χ4v) is 3.67. The van der Waals surface area contributed by atoms with Crippen LogP contribution in [-0.4, -0.2) is 28.2 Å². The highest BCUT2D eigenvalue weighted by Gasteiger charge is 2.32. The van der Waals surface area contributed by atoms with Crippen molar-refractivity contribution in [2.45, 2.75) is 25.3 Å². The van der Waals surface area contributed by atoms with Crippen molar-refractivity contribution < 1.29 is 14.0 Å². The molecule has 1 atom stereocenters. The van der Waals surface area contributed by atoms with E-state index in [0.717, 1.165) is 23.4 Å². The molecule has 0 radical (unpaired) electrons. The molecule has 1 aromatic heterocycles. The number of nitrogens with two attached hydrogens (primary N) is 1. The molecule has 0 unspecified atom stereocenters. The van der Waals surface area contributed by atoms with Gasteiger partial charge in [-0.15, -0.1) is 11.3 Å². The van der Waals surface area contributed by atoms with Gasteiger partial charge in [0.05, 0.1) is 18.7 Å². The van der Waals surface area contributed by atoms with E-state index in [2.05, 4.69) is 4.98 Å². The Hall–Kier alpha value is -2.28. The first-order chi connectivity index (χ1) is 11.0. The molecule has 0 bridgehead atoms. The number of carbonyl (C=O) groups is 2. The number of benzene rings is 1. The number of aromatic nitrogens is 1. The predicted molar refractivity (Wildman–Crippen MR) is 84.4 cm³/mol. The highest BCUT2D eigenvalue weighted by molar-refractivity contribution is 7.13. The first-order valence-corrected chi connectivity index (χ1v) is 8.15. The zero-order valence-electron chi connectivity index (χ0n) is 12.4. The Kier molecular flexibility index (Phi) is 4.38. The largest absolute Gasteiger partial charge is 0.365 e. The second kappa shape index (κ2) is 6.45. The molecule has 1 fully saturated rings. The van der Waals surface area contributed by atoms with Gasteiger partial charge in [0.25, 0.3) is 5.91 Å². The summed E-state index contributed by atoms with van der Waals surface area (Å²) in [4.78, 5) is 30.2. The monoisotopic (exact) mass is 333 g/mol. The van der Waals surface area contributed by atoms with Crippen molar-refractivity contribution in [3.8, 4) is 0 Å². The van der Waals surface area contributed by atoms with E-state index in [9.17, 15) is 14.0 Å². The lowest BCUT2D eigenvalue weighted by Gasteiger charge is -2.23. The summed E-state index contributed by atoms with van der Waals surface area (Å²) >= 11 is 1.24. The topological polar surface area (TPSA) is 76.3 Å². The molecule has 1 aliphatic rings. The number of halogens is 1. The first kappa shape index (κ1) is 15.6. The molecule has 2 heterocycles. The van der Waals surface area contributed by atoms with Gasteiger partial charge in [-0.3, -0.25) is 9.59 Å². The van der Waals surface area contributed by atoms with Crippen LogP contribution in [0, 0.1) is 5.82 Å². The average Bonchev–Trinajstić information content (AvgIpc) is 3.17. The summed E-state index contributed by atoms with van der Waals surface area (Å²) in [5.41, 5.74) is 6.03. The van der Waals surface area contributed by atoms with Crippen LogP contribution in [0.2, 0.25) is 0 Å². The molecule has 0 saturated carbocycles. The third kappa shape index (κ3) is 3.39. The van der Waals surface area contributed by atoms with Crippen molar-refractivity contribution in [2.24, 2.45) is 5.73 Å². The van der Waals surface area contributed by atoms with Crippen LogP contribution in [0.25, 0.3) is 0 Å². The van der Waals surface area contributed by atoms with Gasteiger partial charge in [-0.1, -0.05) is 12.1 Å². The number of amides is 2. The number of hydrogen-bond donors (Lipinski definition) is 1. The van der Waals surface area contributed by atoms with Gasteiger partial charge >= 0.3 is 0 Å². The first-order valence-electron chi connectivity index (χ1n) is 7.34. The SMILES string of the molecule is NC(=O)c1cnc([C@@H]2CCCN2C(=O)Cc2ccc(F)cc2)s1. The molecule has 1 aliphatic heterocycles. The minimum absolute atomic E-state index is 0.0186. The van der Waals surface area contributed by atoms with Crippen molar-refractivity contribution in [2.75, 3.05) is 6.54 Å². The van der Waals surface area contributed by atoms with Crippen molar-refractivity contribution in [3.63, 3.8) is 0 Å². The lowest BCUT2D eigenvalue weighted by atomic mass is 10.1. The van der Waals surface area contributed by atoms with Crippen LogP contribution in [0.3, 0.4) is 0 Å². The van der Waals surface area contributed by atoms with Crippen LogP contribution in [0.4, 0.5) is 4.39 Å². The molecule has 7 heteroatoms. The van der Waals surface area contributed by atoms with Crippen molar-refractivity contribution in [1.82, 2.24) is 9.88 Å². The van der Waals surface area contributed by atoms with Crippen molar-refractivity contribution in [3.05, 3.63) is 51.7 Å². The standard InChI is InChI=1S/C16H16FN3O2S/c17-11-5-3-10(4-6-11)8-14(21)20-7-1-2-12(20)16-19-9-13(23-16)15(18)22/h3-6,9,12H,1-2,7-8H2,(H2,18,22)/t12-/m0/s1. The number of hydrogen-bond acceptors (Lipinski definition) is 4. The Bertz CT molecular complexity index is 729. The van der Waals surface area contributed by atoms with E-state index in [1.807, 2.05) is 0 Å². The number of primary amides is 1. The molecule has 1 aromatic carbocycles. The van der Waals surface area contributed by atoms with Crippen molar-refractivity contribution >= 4 is 23.2 Å². The molecule has 120 valence electrons. The number of thiazole rings is 1. The second-order valence-corrected chi connectivity index (χ2v) is 6.54. The molecule has 0 aliphatic carbocycles. The Balaban J connectivity index is 1.73. The summed E-state index contributed by atoms with van der Waals surface area (Å²) in [6.07, 6.45) is 3.40. The van der Waals surface area contributed by atoms with E-state index in [1.165, 1.54) is 29.7 Å². The minimum Gasteiger partial charge on any atom is -0.365 e. The van der Waals surface area contributed by atoms with Gasteiger partial charge in [-0.2, -0.15) is 0 Å². The smallest absolute Gasteiger partial charge is 0.260 e. The lowest BCUT2D eigenvalue weighted by Crippen LogP contribution is -2.31. The molecular weight excluding hydrogens is 317 g/mol. The van der Waals surface area contributed by atoms with Crippen LogP contribution in [-0.2, 0) is 11.2 Å². The van der Waals surface area contributed by atoms with Gasteiger partial charge in [0.1, 0.15) is 15.7 Å². The average molecular weight is 333 g/mol. The highest BCUT2D eigenvalue weighted by Crippen LogP contribution is 2.34. The van der Waals surface area contributed by atoms with E-state index in [4.69, 9.17) is 5.73 Å². The lowest BCUT2D eigenvalue weighted by molar-refractivity contribution is -0.131. The third-order valence-corrected chi connectivity index (χ3v) is 5.01. The van der Waals surface area contributed by atoms with E-state index in [0.29, 0.717) is 11.4 Å². The predicted octanol–water partition coefficient (Wildman–Crippen LogP) is 2.29. The fourth-order valence-electron chi connectivity index (χ4n) is 2.76. The maximum absolute atomic E-state index is 12.9. The maximum Gasteiger partial charge on any atom is 0.260 e. The van der Waals surface area contributed by atoms with Gasteiger partial charge in [-0.25, -0.2) is 9.37 Å². The summed E-state index contributed by atoms with van der Waals surface area (Å²) in [6.45, 7) is 0.663. The third-order valence-electron chi connectivity index (χ3n) is 3.89. The van der Waals surface area contributed by atoms with E-state index >= 15 is 0 Å². The number of likely N-dealkylation sites (tertiary alicyclic amines) is 1.